The van der Waals surface area contributed by atoms with Gasteiger partial charge in [-0.15, -0.1) is 0 Å². The average molecular weight is 1250 g/mol. The third-order valence-corrected chi connectivity index (χ3v) is 23.2. The zero-order valence-electron chi connectivity index (χ0n) is 50.3. The molecule has 28 heteroatoms. The topological polar surface area (TPSA) is 453 Å². The van der Waals surface area contributed by atoms with Gasteiger partial charge in [0.15, 0.2) is 31.3 Å². The van der Waals surface area contributed by atoms with Crippen molar-refractivity contribution < 1.29 is 139 Å². The number of hydrogen-bond donors (Lipinski definition) is 17. The van der Waals surface area contributed by atoms with Gasteiger partial charge in [0.05, 0.1) is 56.8 Å². The highest BCUT2D eigenvalue weighted by atomic mass is 16.8. The van der Waals surface area contributed by atoms with Gasteiger partial charge in [-0.3, -0.25) is 4.79 Å². The van der Waals surface area contributed by atoms with Crippen LogP contribution in [-0.2, 0) is 52.2 Å². The summed E-state index contributed by atoms with van der Waals surface area (Å²) in [6.07, 6.45) is -36.4. The molecule has 4 saturated carbocycles. The summed E-state index contributed by atoms with van der Waals surface area (Å²) in [5, 5.41) is 185. The van der Waals surface area contributed by atoms with Gasteiger partial charge in [-0.05, 0) is 104 Å². The first-order valence-electron chi connectivity index (χ1n) is 30.9. The van der Waals surface area contributed by atoms with E-state index in [1.165, 1.54) is 6.92 Å². The van der Waals surface area contributed by atoms with E-state index in [1.54, 1.807) is 0 Å². The van der Waals surface area contributed by atoms with Gasteiger partial charge in [0, 0.05) is 5.41 Å². The number of aliphatic hydroxyl groups excluding tert-OH is 17. The molecule has 5 saturated heterocycles. The number of carbonyl (C=O) groups excluding carboxylic acids is 1. The van der Waals surface area contributed by atoms with Crippen molar-refractivity contribution in [1.82, 2.24) is 0 Å². The molecule has 87 heavy (non-hydrogen) atoms. The number of rotatable bonds is 14. The van der Waals surface area contributed by atoms with E-state index in [1.807, 2.05) is 6.92 Å². The standard InChI is InChI=1S/C59H96O28/c1-23-33(66)44(83-48-41(74)38(71)35(68)28(18-60)80-48)43(76)50(79-23)84-45-34(67)27(65)21-78-51(45)87-53(77)59-14-12-54(2,3)16-25(59)24-8-9-32-55(4)17-26(64)47(56(5,22-63)31(55)10-11-58(32,7)57(24,6)13-15-59)86-52-46(40(73)37(70)30(20-62)82-52)85-49-42(75)39(72)36(69)29(19-61)81-49/h8,23,25-52,60-76H,9-22H2,1-7H3/t23-,25-,26-,27-,28+,29+,30+,31+,32+,33-,34-,35+,36-,37+,38-,39-,40-,41+,42+,43+,44+,45+,46+,47-,48-,49-,50-,51-,52-,55-,56-,57+,58+,59-/m0/s1. The Morgan fingerprint density at radius 2 is 1.06 bits per heavy atom. The summed E-state index contributed by atoms with van der Waals surface area (Å²) < 4.78 is 59.8. The lowest BCUT2D eigenvalue weighted by Gasteiger charge is -2.72. The van der Waals surface area contributed by atoms with Crippen LogP contribution in [0.4, 0.5) is 0 Å². The number of hydrogen-bond acceptors (Lipinski definition) is 28. The Morgan fingerprint density at radius 1 is 0.529 bits per heavy atom. The average Bonchev–Trinajstić information content (AvgIpc) is 0.678. The Morgan fingerprint density at radius 3 is 1.63 bits per heavy atom. The Hall–Kier alpha value is -1.83. The molecule has 0 spiro atoms. The molecule has 0 aromatic rings. The number of aliphatic hydroxyl groups is 17. The highest BCUT2D eigenvalue weighted by Crippen LogP contribution is 2.76. The molecule has 0 aromatic heterocycles. The van der Waals surface area contributed by atoms with E-state index >= 15 is 4.79 Å². The lowest BCUT2D eigenvalue weighted by Crippen LogP contribution is -2.70. The maximum Gasteiger partial charge on any atom is 0.315 e. The highest BCUT2D eigenvalue weighted by Gasteiger charge is 2.72. The molecule has 0 unspecified atom stereocenters. The van der Waals surface area contributed by atoms with E-state index in [0.29, 0.717) is 51.4 Å². The van der Waals surface area contributed by atoms with Gasteiger partial charge in [0.2, 0.25) is 6.29 Å². The van der Waals surface area contributed by atoms with E-state index in [0.717, 1.165) is 5.57 Å². The lowest BCUT2D eigenvalue weighted by atomic mass is 9.33. The minimum atomic E-state index is -1.93. The number of carbonyl (C=O) groups is 1. The minimum absolute atomic E-state index is 0.108. The van der Waals surface area contributed by atoms with E-state index < -0.39 is 226 Å². The van der Waals surface area contributed by atoms with Crippen LogP contribution >= 0.6 is 0 Å². The number of ether oxygens (including phenoxy) is 10. The Bertz CT molecular complexity index is 2420. The fourth-order valence-corrected chi connectivity index (χ4v) is 17.8. The van der Waals surface area contributed by atoms with Gasteiger partial charge in [-0.2, -0.15) is 0 Å². The molecule has 5 aliphatic heterocycles. The molecule has 9 fully saturated rings. The fraction of sp³-hybridized carbons (Fsp3) is 0.949. The van der Waals surface area contributed by atoms with Crippen LogP contribution < -0.4 is 0 Å². The highest BCUT2D eigenvalue weighted by molar-refractivity contribution is 5.79. The van der Waals surface area contributed by atoms with Crippen LogP contribution in [0.15, 0.2) is 11.6 Å². The van der Waals surface area contributed by atoms with E-state index in [2.05, 4.69) is 40.7 Å². The van der Waals surface area contributed by atoms with Gasteiger partial charge in [0.1, 0.15) is 104 Å². The Kier molecular flexibility index (Phi) is 19.7. The minimum Gasteiger partial charge on any atom is -0.432 e. The lowest BCUT2D eigenvalue weighted by molar-refractivity contribution is -0.384. The first-order chi connectivity index (χ1) is 40.8. The summed E-state index contributed by atoms with van der Waals surface area (Å²) in [6.45, 7) is 10.9. The van der Waals surface area contributed by atoms with Crippen LogP contribution in [0.2, 0.25) is 0 Å². The van der Waals surface area contributed by atoms with Crippen molar-refractivity contribution in [2.24, 2.45) is 50.2 Å². The molecular weight excluding hydrogens is 1160 g/mol. The summed E-state index contributed by atoms with van der Waals surface area (Å²) in [6, 6.07) is 0. The van der Waals surface area contributed by atoms with Crippen molar-refractivity contribution in [3.63, 3.8) is 0 Å². The molecule has 500 valence electrons. The molecule has 5 heterocycles. The van der Waals surface area contributed by atoms with Crippen LogP contribution in [-0.4, -0.2) is 285 Å². The predicted octanol–water partition coefficient (Wildman–Crippen LogP) is -4.60. The maximum atomic E-state index is 15.5. The van der Waals surface area contributed by atoms with Crippen molar-refractivity contribution in [2.75, 3.05) is 33.0 Å². The zero-order chi connectivity index (χ0) is 63.6. The van der Waals surface area contributed by atoms with E-state index in [-0.39, 0.29) is 29.6 Å². The summed E-state index contributed by atoms with van der Waals surface area (Å²) in [5.41, 5.74) is -3.13. The summed E-state index contributed by atoms with van der Waals surface area (Å²) >= 11 is 0. The van der Waals surface area contributed by atoms with Gasteiger partial charge in [-0.25, -0.2) is 0 Å². The Balaban J connectivity index is 0.890. The number of allylic oxidation sites excluding steroid dienone is 2. The molecule has 10 aliphatic rings. The van der Waals surface area contributed by atoms with Crippen LogP contribution in [0.5, 0.6) is 0 Å². The SMILES string of the molecule is C[C@@H]1O[C@@H](O[C@H]2[C@H](OC(=O)[C@]34CCC(C)(C)C[C@H]3C3=CC[C@@H]5[C@@]6(C)C[C@H](O)[C@H](O[C@@H]7O[C@H](CO)[C@@H](O)[C@H](O)[C@H]7O[C@@H]7O[C@H](CO)[C@H](O)[C@H](O)[C@H]7O)[C@@](C)(CO)[C@@H]6CC[C@@]5(C)[C@]3(C)CC4)OC[C@H](O)[C@@H]2O)[C@H](O)[C@H](O[C@@H]2O[C@H](CO)[C@@H](O)[C@H](O)[C@H]2O)[C@H]1O. The summed E-state index contributed by atoms with van der Waals surface area (Å²) in [5.74, 6) is -1.41. The predicted molar refractivity (Wildman–Crippen MR) is 291 cm³/mol. The van der Waals surface area contributed by atoms with Crippen molar-refractivity contribution in [2.45, 2.75) is 266 Å². The number of fused-ring (bicyclic) bond motifs is 7. The van der Waals surface area contributed by atoms with Crippen molar-refractivity contribution in [3.05, 3.63) is 11.6 Å². The molecule has 28 nitrogen and oxygen atoms in total. The second kappa shape index (κ2) is 25.1. The molecule has 0 aromatic carbocycles. The molecule has 0 radical (unpaired) electrons. The van der Waals surface area contributed by atoms with Gasteiger partial charge in [-0.1, -0.05) is 53.2 Å². The quantitative estimate of drug-likeness (QED) is 0.0442. The number of esters is 1. The van der Waals surface area contributed by atoms with Crippen LogP contribution in [0.1, 0.15) is 106 Å². The molecule has 0 amide bonds. The molecule has 0 bridgehead atoms. The van der Waals surface area contributed by atoms with Gasteiger partial charge in [0.25, 0.3) is 0 Å². The van der Waals surface area contributed by atoms with Crippen molar-refractivity contribution in [1.29, 1.82) is 0 Å². The third kappa shape index (κ3) is 11.3. The fourth-order valence-electron chi connectivity index (χ4n) is 17.8. The smallest absolute Gasteiger partial charge is 0.315 e. The molecule has 5 aliphatic carbocycles. The molecule has 10 rings (SSSR count). The first kappa shape index (κ1) is 68.0. The monoisotopic (exact) mass is 1250 g/mol. The molecule has 34 atom stereocenters. The van der Waals surface area contributed by atoms with Crippen molar-refractivity contribution >= 4 is 5.97 Å². The van der Waals surface area contributed by atoms with Crippen LogP contribution in [0.25, 0.3) is 0 Å². The largest absolute Gasteiger partial charge is 0.432 e. The normalized spacial score (nSPS) is 55.1. The van der Waals surface area contributed by atoms with E-state index in [9.17, 15) is 86.8 Å². The summed E-state index contributed by atoms with van der Waals surface area (Å²) in [7, 11) is 0. The van der Waals surface area contributed by atoms with Crippen LogP contribution in [0, 0.1) is 50.2 Å². The third-order valence-electron chi connectivity index (χ3n) is 23.2. The Labute approximate surface area is 504 Å². The second-order valence-corrected chi connectivity index (χ2v) is 28.6. The molecule has 17 N–H and O–H groups in total. The van der Waals surface area contributed by atoms with E-state index in [4.69, 9.17) is 47.4 Å². The first-order valence-corrected chi connectivity index (χ1v) is 30.9. The molecular formula is C59H96O28. The zero-order valence-corrected chi connectivity index (χ0v) is 50.3. The van der Waals surface area contributed by atoms with Crippen molar-refractivity contribution in [3.8, 4) is 0 Å². The second-order valence-electron chi connectivity index (χ2n) is 28.6. The van der Waals surface area contributed by atoms with Gasteiger partial charge < -0.3 is 134 Å². The summed E-state index contributed by atoms with van der Waals surface area (Å²) in [4.78, 5) is 15.5. The van der Waals surface area contributed by atoms with Crippen LogP contribution in [0.3, 0.4) is 0 Å². The van der Waals surface area contributed by atoms with Gasteiger partial charge >= 0.3 is 5.97 Å². The maximum absolute atomic E-state index is 15.5.